The lowest BCUT2D eigenvalue weighted by molar-refractivity contribution is 0.581. The maximum absolute atomic E-state index is 6.33. The zero-order valence-corrected chi connectivity index (χ0v) is 13.5. The summed E-state index contributed by atoms with van der Waals surface area (Å²) < 4.78 is 0. The first-order valence-electron chi connectivity index (χ1n) is 7.76. The number of hydrogen-bond donors (Lipinski definition) is 1. The summed E-state index contributed by atoms with van der Waals surface area (Å²) >= 11 is 0. The Morgan fingerprint density at radius 1 is 1.00 bits per heavy atom. The molecule has 0 aromatic heterocycles. The van der Waals surface area contributed by atoms with E-state index in [1.165, 1.54) is 47.1 Å². The van der Waals surface area contributed by atoms with Gasteiger partial charge in [0.2, 0.25) is 0 Å². The molecule has 2 aromatic carbocycles. The molecule has 2 N–H and O–H groups in total. The van der Waals surface area contributed by atoms with Crippen molar-refractivity contribution in [1.82, 2.24) is 0 Å². The molecule has 1 aliphatic carbocycles. The first kappa shape index (κ1) is 16.1. The standard InChI is InChI=1S/C19H23N.ClH/c1-2-3-4-9-19(20)15-10-11-18-16(13-15)12-14-7-5-6-8-17(14)18;/h5-8,10-11,13,19H,2-4,9,12,20H2,1H3;1H/t19-;/m0./s1. The molecule has 0 heterocycles. The van der Waals surface area contributed by atoms with Crippen molar-refractivity contribution < 1.29 is 0 Å². The van der Waals surface area contributed by atoms with Crippen molar-refractivity contribution in [1.29, 1.82) is 0 Å². The average molecular weight is 302 g/mol. The van der Waals surface area contributed by atoms with Gasteiger partial charge in [0, 0.05) is 6.04 Å². The summed E-state index contributed by atoms with van der Waals surface area (Å²) in [5.41, 5.74) is 13.3. The summed E-state index contributed by atoms with van der Waals surface area (Å²) in [6.45, 7) is 2.23. The maximum atomic E-state index is 6.33. The van der Waals surface area contributed by atoms with Crippen molar-refractivity contribution in [2.24, 2.45) is 5.73 Å². The van der Waals surface area contributed by atoms with Crippen LogP contribution < -0.4 is 5.73 Å². The van der Waals surface area contributed by atoms with Gasteiger partial charge in [0.15, 0.2) is 0 Å². The van der Waals surface area contributed by atoms with Crippen molar-refractivity contribution in [3.63, 3.8) is 0 Å². The number of halogens is 1. The van der Waals surface area contributed by atoms with Crippen LogP contribution in [0.4, 0.5) is 0 Å². The van der Waals surface area contributed by atoms with Crippen LogP contribution in [-0.4, -0.2) is 0 Å². The van der Waals surface area contributed by atoms with Gasteiger partial charge in [0.05, 0.1) is 0 Å². The Hall–Kier alpha value is -1.31. The molecule has 0 saturated carbocycles. The average Bonchev–Trinajstić information content (AvgIpc) is 2.85. The van der Waals surface area contributed by atoms with Crippen LogP contribution in [-0.2, 0) is 6.42 Å². The molecule has 112 valence electrons. The predicted octanol–water partition coefficient (Wildman–Crippen LogP) is 5.26. The molecule has 0 spiro atoms. The molecule has 0 fully saturated rings. The van der Waals surface area contributed by atoms with Gasteiger partial charge < -0.3 is 5.73 Å². The van der Waals surface area contributed by atoms with Crippen LogP contribution in [0.3, 0.4) is 0 Å². The van der Waals surface area contributed by atoms with E-state index in [0.717, 1.165) is 12.8 Å². The van der Waals surface area contributed by atoms with Crippen LogP contribution in [0.25, 0.3) is 11.1 Å². The Morgan fingerprint density at radius 2 is 1.76 bits per heavy atom. The van der Waals surface area contributed by atoms with E-state index in [2.05, 4.69) is 49.4 Å². The largest absolute Gasteiger partial charge is 0.324 e. The van der Waals surface area contributed by atoms with Crippen molar-refractivity contribution in [3.05, 3.63) is 59.2 Å². The summed E-state index contributed by atoms with van der Waals surface area (Å²) in [7, 11) is 0. The van der Waals surface area contributed by atoms with Gasteiger partial charge >= 0.3 is 0 Å². The Kier molecular flexibility index (Phi) is 5.44. The number of rotatable bonds is 5. The van der Waals surface area contributed by atoms with Crippen LogP contribution in [0.1, 0.15) is 55.3 Å². The highest BCUT2D eigenvalue weighted by atomic mass is 35.5. The molecular weight excluding hydrogens is 278 g/mol. The van der Waals surface area contributed by atoms with E-state index in [-0.39, 0.29) is 18.4 Å². The molecule has 1 aliphatic rings. The van der Waals surface area contributed by atoms with Crippen LogP contribution in [0, 0.1) is 0 Å². The van der Waals surface area contributed by atoms with Crippen molar-refractivity contribution in [2.45, 2.75) is 45.1 Å². The normalized spacial score (nSPS) is 13.2. The molecule has 21 heavy (non-hydrogen) atoms. The molecule has 2 heteroatoms. The quantitative estimate of drug-likeness (QED) is 0.639. The fourth-order valence-electron chi connectivity index (χ4n) is 3.18. The predicted molar refractivity (Wildman–Crippen MR) is 93.0 cm³/mol. The topological polar surface area (TPSA) is 26.0 Å². The molecule has 0 unspecified atom stereocenters. The zero-order valence-electron chi connectivity index (χ0n) is 12.6. The fraction of sp³-hybridized carbons (Fsp3) is 0.368. The lowest BCUT2D eigenvalue weighted by Crippen LogP contribution is -2.10. The third kappa shape index (κ3) is 3.30. The number of unbranched alkanes of at least 4 members (excludes halogenated alkanes) is 2. The molecule has 1 nitrogen and oxygen atoms in total. The summed E-state index contributed by atoms with van der Waals surface area (Å²) in [4.78, 5) is 0. The van der Waals surface area contributed by atoms with Crippen molar-refractivity contribution in [3.8, 4) is 11.1 Å². The summed E-state index contributed by atoms with van der Waals surface area (Å²) in [5, 5.41) is 0. The second-order valence-corrected chi connectivity index (χ2v) is 5.85. The van der Waals surface area contributed by atoms with E-state index in [4.69, 9.17) is 5.73 Å². The lowest BCUT2D eigenvalue weighted by atomic mass is 9.97. The molecule has 0 amide bonds. The second kappa shape index (κ2) is 7.11. The van der Waals surface area contributed by atoms with E-state index in [9.17, 15) is 0 Å². The summed E-state index contributed by atoms with van der Waals surface area (Å²) in [6.07, 6.45) is 5.92. The molecule has 2 aromatic rings. The summed E-state index contributed by atoms with van der Waals surface area (Å²) in [6, 6.07) is 15.7. The minimum atomic E-state index is 0. The van der Waals surface area contributed by atoms with E-state index < -0.39 is 0 Å². The number of nitrogens with two attached hydrogens (primary N) is 1. The Labute approximate surface area is 134 Å². The third-order valence-corrected chi connectivity index (χ3v) is 4.36. The van der Waals surface area contributed by atoms with Crippen LogP contribution in [0.5, 0.6) is 0 Å². The Morgan fingerprint density at radius 3 is 2.57 bits per heavy atom. The van der Waals surface area contributed by atoms with Crippen molar-refractivity contribution >= 4 is 12.4 Å². The highest BCUT2D eigenvalue weighted by Crippen LogP contribution is 2.37. The molecule has 0 aliphatic heterocycles. The maximum Gasteiger partial charge on any atom is 0.0294 e. The molecule has 1 atom stereocenters. The zero-order chi connectivity index (χ0) is 13.9. The van der Waals surface area contributed by atoms with Gasteiger partial charge in [-0.25, -0.2) is 0 Å². The van der Waals surface area contributed by atoms with Crippen LogP contribution in [0.15, 0.2) is 42.5 Å². The van der Waals surface area contributed by atoms with Gasteiger partial charge in [-0.2, -0.15) is 0 Å². The monoisotopic (exact) mass is 301 g/mol. The molecular formula is C19H24ClN. The molecule has 3 rings (SSSR count). The highest BCUT2D eigenvalue weighted by molar-refractivity contribution is 5.85. The Bertz CT molecular complexity index is 606. The summed E-state index contributed by atoms with van der Waals surface area (Å²) in [5.74, 6) is 0. The minimum absolute atomic E-state index is 0. The van der Waals surface area contributed by atoms with Gasteiger partial charge in [0.25, 0.3) is 0 Å². The SMILES string of the molecule is CCCCC[C@H](N)c1ccc2c(c1)Cc1ccccc1-2.Cl. The van der Waals surface area contributed by atoms with Crippen LogP contribution >= 0.6 is 12.4 Å². The van der Waals surface area contributed by atoms with Gasteiger partial charge in [0.1, 0.15) is 0 Å². The number of hydrogen-bond acceptors (Lipinski definition) is 1. The molecule has 0 radical (unpaired) electrons. The first-order chi connectivity index (χ1) is 9.79. The van der Waals surface area contributed by atoms with E-state index in [1.807, 2.05) is 0 Å². The van der Waals surface area contributed by atoms with Gasteiger partial charge in [-0.05, 0) is 40.7 Å². The van der Waals surface area contributed by atoms with Crippen molar-refractivity contribution in [2.75, 3.05) is 0 Å². The third-order valence-electron chi connectivity index (χ3n) is 4.36. The van der Waals surface area contributed by atoms with E-state index in [1.54, 1.807) is 0 Å². The number of fused-ring (bicyclic) bond motifs is 3. The van der Waals surface area contributed by atoms with Crippen LogP contribution in [0.2, 0.25) is 0 Å². The number of benzene rings is 2. The van der Waals surface area contributed by atoms with Gasteiger partial charge in [-0.1, -0.05) is 68.7 Å². The van der Waals surface area contributed by atoms with E-state index >= 15 is 0 Å². The van der Waals surface area contributed by atoms with Gasteiger partial charge in [-0.3, -0.25) is 0 Å². The molecule has 0 saturated heterocycles. The second-order valence-electron chi connectivity index (χ2n) is 5.85. The molecule has 0 bridgehead atoms. The van der Waals surface area contributed by atoms with E-state index in [0.29, 0.717) is 0 Å². The smallest absolute Gasteiger partial charge is 0.0294 e. The van der Waals surface area contributed by atoms with Gasteiger partial charge in [-0.15, -0.1) is 12.4 Å². The fourth-order valence-corrected chi connectivity index (χ4v) is 3.18. The highest BCUT2D eigenvalue weighted by Gasteiger charge is 2.18. The Balaban J connectivity index is 0.00000161. The minimum Gasteiger partial charge on any atom is -0.324 e. The lowest BCUT2D eigenvalue weighted by Gasteiger charge is -2.13. The first-order valence-corrected chi connectivity index (χ1v) is 7.76.